The van der Waals surface area contributed by atoms with Crippen molar-refractivity contribution in [1.82, 2.24) is 0 Å². The number of nitrogens with zero attached hydrogens (tertiary/aromatic N) is 1. The Bertz CT molecular complexity index is 1070. The zero-order valence-electron chi connectivity index (χ0n) is 37.5. The zero-order chi connectivity index (χ0) is 42.1. The van der Waals surface area contributed by atoms with Crippen molar-refractivity contribution < 1.29 is 38.2 Å². The monoisotopic (exact) mass is 803 g/mol. The van der Waals surface area contributed by atoms with Crippen molar-refractivity contribution in [3.05, 3.63) is 48.6 Å². The van der Waals surface area contributed by atoms with Gasteiger partial charge in [-0.05, 0) is 70.6 Å². The summed E-state index contributed by atoms with van der Waals surface area (Å²) in [6, 6.07) is -0.618. The van der Waals surface area contributed by atoms with Crippen LogP contribution < -0.4 is 0 Å². The normalized spacial score (nSPS) is 13.4. The number of rotatable bonds is 41. The summed E-state index contributed by atoms with van der Waals surface area (Å²) in [4.78, 5) is 37.0. The highest BCUT2D eigenvalue weighted by Crippen LogP contribution is 2.14. The van der Waals surface area contributed by atoms with Gasteiger partial charge < -0.3 is 23.8 Å². The van der Waals surface area contributed by atoms with Crippen LogP contribution in [0.25, 0.3) is 0 Å². The Kier molecular flexibility index (Phi) is 38.2. The zero-order valence-corrected chi connectivity index (χ0v) is 37.5. The summed E-state index contributed by atoms with van der Waals surface area (Å²) in [5.74, 6) is -1.49. The summed E-state index contributed by atoms with van der Waals surface area (Å²) in [6.45, 7) is 4.61. The average Bonchev–Trinajstić information content (AvgIpc) is 3.17. The lowest BCUT2D eigenvalue weighted by atomic mass is 10.1. The van der Waals surface area contributed by atoms with E-state index >= 15 is 0 Å². The summed E-state index contributed by atoms with van der Waals surface area (Å²) in [7, 11) is 5.52. The standard InChI is InChI=1S/C49H87NO7/c1-6-8-10-12-14-16-18-20-22-23-24-25-26-28-29-31-33-35-37-39-47(51)56-44-45(43-55-42-41-46(49(53)54)50(3,4)5)57-48(52)40-38-36-34-32-30-27-21-19-17-15-13-11-9-7-2/h8,10,14,16,20,22,27,30,45-46H,6-7,9,11-13,15,17-19,21,23-26,28-29,31-44H2,1-5H3/p+1/b10-8+,16-14+,22-20+,30-27+. The Hall–Kier alpha value is -2.71. The van der Waals surface area contributed by atoms with Gasteiger partial charge in [-0.1, -0.05) is 152 Å². The molecule has 0 saturated heterocycles. The highest BCUT2D eigenvalue weighted by molar-refractivity contribution is 5.72. The minimum atomic E-state index is -0.878. The van der Waals surface area contributed by atoms with Gasteiger partial charge in [-0.3, -0.25) is 9.59 Å². The van der Waals surface area contributed by atoms with Gasteiger partial charge in [0.1, 0.15) is 6.61 Å². The molecule has 1 N–H and O–H groups in total. The second kappa shape index (κ2) is 40.1. The number of carbonyl (C=O) groups excluding carboxylic acids is 2. The van der Waals surface area contributed by atoms with E-state index in [4.69, 9.17) is 14.2 Å². The number of hydrogen-bond acceptors (Lipinski definition) is 6. The van der Waals surface area contributed by atoms with Crippen molar-refractivity contribution in [3.8, 4) is 0 Å². The van der Waals surface area contributed by atoms with E-state index in [1.807, 2.05) is 21.1 Å². The van der Waals surface area contributed by atoms with Crippen LogP contribution in [0.3, 0.4) is 0 Å². The molecule has 0 rings (SSSR count). The molecule has 0 aliphatic heterocycles. The molecule has 0 saturated carbocycles. The lowest BCUT2D eigenvalue weighted by molar-refractivity contribution is -0.887. The van der Waals surface area contributed by atoms with Gasteiger partial charge in [-0.2, -0.15) is 0 Å². The van der Waals surface area contributed by atoms with E-state index in [1.54, 1.807) is 0 Å². The predicted molar refractivity (Wildman–Crippen MR) is 238 cm³/mol. The molecule has 0 amide bonds. The second-order valence-corrected chi connectivity index (χ2v) is 16.6. The van der Waals surface area contributed by atoms with Crippen LogP contribution in [-0.4, -0.2) is 80.6 Å². The Labute approximate surface area is 350 Å². The molecule has 0 aliphatic carbocycles. The average molecular weight is 803 g/mol. The molecule has 8 heteroatoms. The van der Waals surface area contributed by atoms with E-state index in [1.165, 1.54) is 83.5 Å². The molecule has 2 atom stereocenters. The van der Waals surface area contributed by atoms with Crippen LogP contribution in [0.15, 0.2) is 48.6 Å². The van der Waals surface area contributed by atoms with Gasteiger partial charge in [0.25, 0.3) is 0 Å². The number of likely N-dealkylation sites (N-methyl/N-ethyl adjacent to an activating group) is 1. The second-order valence-electron chi connectivity index (χ2n) is 16.6. The van der Waals surface area contributed by atoms with Crippen LogP contribution in [0.1, 0.15) is 194 Å². The third-order valence-corrected chi connectivity index (χ3v) is 10.2. The highest BCUT2D eigenvalue weighted by atomic mass is 16.6. The van der Waals surface area contributed by atoms with Gasteiger partial charge in [0.2, 0.25) is 0 Å². The van der Waals surface area contributed by atoms with E-state index in [0.717, 1.165) is 77.0 Å². The molecule has 0 aromatic heterocycles. The number of quaternary nitrogens is 1. The summed E-state index contributed by atoms with van der Waals surface area (Å²) < 4.78 is 17.3. The van der Waals surface area contributed by atoms with Gasteiger partial charge in [-0.25, -0.2) is 4.79 Å². The van der Waals surface area contributed by atoms with Crippen LogP contribution in [-0.2, 0) is 28.6 Å². The number of esters is 2. The van der Waals surface area contributed by atoms with E-state index < -0.39 is 18.1 Å². The molecule has 2 unspecified atom stereocenters. The Morgan fingerprint density at radius 1 is 0.544 bits per heavy atom. The molecule has 0 aliphatic rings. The number of hydrogen-bond donors (Lipinski definition) is 1. The fourth-order valence-corrected chi connectivity index (χ4v) is 6.63. The summed E-state index contributed by atoms with van der Waals surface area (Å²) in [5, 5.41) is 9.62. The quantitative estimate of drug-likeness (QED) is 0.0284. The molecular weight excluding hydrogens is 715 g/mol. The molecule has 0 spiro atoms. The Morgan fingerprint density at radius 2 is 0.982 bits per heavy atom. The number of carboxylic acid groups (broad SMARTS) is 1. The van der Waals surface area contributed by atoms with Crippen molar-refractivity contribution in [2.45, 2.75) is 206 Å². The third kappa shape index (κ3) is 38.6. The molecule has 0 bridgehead atoms. The number of carbonyl (C=O) groups is 3. The largest absolute Gasteiger partial charge is 0.477 e. The maximum absolute atomic E-state index is 12.7. The van der Waals surface area contributed by atoms with Crippen LogP contribution >= 0.6 is 0 Å². The van der Waals surface area contributed by atoms with Crippen molar-refractivity contribution in [2.75, 3.05) is 41.0 Å². The van der Waals surface area contributed by atoms with Gasteiger partial charge in [0.15, 0.2) is 12.1 Å². The third-order valence-electron chi connectivity index (χ3n) is 10.2. The van der Waals surface area contributed by atoms with Gasteiger partial charge >= 0.3 is 17.9 Å². The number of ether oxygens (including phenoxy) is 3. The van der Waals surface area contributed by atoms with Crippen molar-refractivity contribution >= 4 is 17.9 Å². The smallest absolute Gasteiger partial charge is 0.362 e. The van der Waals surface area contributed by atoms with Crippen LogP contribution in [0, 0.1) is 0 Å². The Morgan fingerprint density at radius 3 is 1.49 bits per heavy atom. The maximum atomic E-state index is 12.7. The number of unbranched alkanes of at least 4 members (excludes halogenated alkanes) is 19. The van der Waals surface area contributed by atoms with Gasteiger partial charge in [0, 0.05) is 19.3 Å². The van der Waals surface area contributed by atoms with E-state index in [-0.39, 0.29) is 36.2 Å². The first-order valence-electron chi connectivity index (χ1n) is 23.2. The maximum Gasteiger partial charge on any atom is 0.362 e. The fourth-order valence-electron chi connectivity index (χ4n) is 6.63. The lowest BCUT2D eigenvalue weighted by Crippen LogP contribution is -2.50. The van der Waals surface area contributed by atoms with Crippen LogP contribution in [0.2, 0.25) is 0 Å². The number of allylic oxidation sites excluding steroid dienone is 8. The van der Waals surface area contributed by atoms with E-state index in [9.17, 15) is 19.5 Å². The molecule has 57 heavy (non-hydrogen) atoms. The summed E-state index contributed by atoms with van der Waals surface area (Å²) in [5.41, 5.74) is 0. The predicted octanol–water partition coefficient (Wildman–Crippen LogP) is 12.8. The van der Waals surface area contributed by atoms with Gasteiger partial charge in [0.05, 0.1) is 34.4 Å². The van der Waals surface area contributed by atoms with Crippen LogP contribution in [0.5, 0.6) is 0 Å². The minimum absolute atomic E-state index is 0.0533. The van der Waals surface area contributed by atoms with Gasteiger partial charge in [-0.15, -0.1) is 0 Å². The van der Waals surface area contributed by atoms with Crippen molar-refractivity contribution in [1.29, 1.82) is 0 Å². The molecule has 0 aromatic carbocycles. The van der Waals surface area contributed by atoms with Crippen molar-refractivity contribution in [3.63, 3.8) is 0 Å². The molecule has 0 aromatic rings. The fraction of sp³-hybridized carbons (Fsp3) is 0.776. The topological polar surface area (TPSA) is 99.1 Å². The lowest BCUT2D eigenvalue weighted by Gasteiger charge is -2.31. The van der Waals surface area contributed by atoms with Crippen molar-refractivity contribution in [2.24, 2.45) is 0 Å². The summed E-state index contributed by atoms with van der Waals surface area (Å²) in [6.07, 6.45) is 47.2. The molecule has 0 fully saturated rings. The molecule has 8 nitrogen and oxygen atoms in total. The summed E-state index contributed by atoms with van der Waals surface area (Å²) >= 11 is 0. The van der Waals surface area contributed by atoms with Crippen LogP contribution in [0.4, 0.5) is 0 Å². The first-order chi connectivity index (χ1) is 27.6. The molecule has 0 radical (unpaired) electrons. The minimum Gasteiger partial charge on any atom is -0.477 e. The first-order valence-corrected chi connectivity index (χ1v) is 23.2. The highest BCUT2D eigenvalue weighted by Gasteiger charge is 2.31. The molecular formula is C49H88NO7+. The number of carboxylic acids is 1. The SMILES string of the molecule is CC/C=C/C/C=C/C/C=C/CCCCCCCCCCCC(=O)OCC(COCCC(C(=O)O)[N+](C)(C)C)OC(=O)CCCCC/C=C/CCCCCCCCC. The first kappa shape index (κ1) is 54.3. The Balaban J connectivity index is 4.31. The number of aliphatic carboxylic acids is 1. The molecule has 330 valence electrons. The van der Waals surface area contributed by atoms with E-state index in [0.29, 0.717) is 19.3 Å². The molecule has 0 heterocycles. The van der Waals surface area contributed by atoms with E-state index in [2.05, 4.69) is 62.5 Å².